The standard InChI is InChI=1S/C19H17F3N6O/c1-12-3-4-16(23-10-12)25-26-17(29)5-6-28-11-24-18(27-28)14-7-13(2)8-15(9-14)19(20,21)22/h3-11H,1-2H3,(H,23,25)(H,26,29)/b6-5-. The Morgan fingerprint density at radius 2 is 1.90 bits per heavy atom. The van der Waals surface area contributed by atoms with E-state index in [9.17, 15) is 18.0 Å². The predicted octanol–water partition coefficient (Wildman–Crippen LogP) is 3.59. The van der Waals surface area contributed by atoms with Crippen molar-refractivity contribution in [2.45, 2.75) is 20.0 Å². The lowest BCUT2D eigenvalue weighted by Gasteiger charge is -2.09. The van der Waals surface area contributed by atoms with Gasteiger partial charge in [-0.2, -0.15) is 13.2 Å². The van der Waals surface area contributed by atoms with Crippen molar-refractivity contribution in [3.8, 4) is 11.4 Å². The number of carbonyl (C=O) groups excluding carboxylic acids is 1. The molecule has 2 heterocycles. The Labute approximate surface area is 164 Å². The summed E-state index contributed by atoms with van der Waals surface area (Å²) >= 11 is 0. The number of halogens is 3. The smallest absolute Gasteiger partial charge is 0.282 e. The highest BCUT2D eigenvalue weighted by molar-refractivity contribution is 5.90. The second kappa shape index (κ2) is 8.13. The number of alkyl halides is 3. The van der Waals surface area contributed by atoms with E-state index in [4.69, 9.17) is 0 Å². The number of nitrogens with zero attached hydrogens (tertiary/aromatic N) is 4. The Bertz CT molecular complexity index is 1040. The van der Waals surface area contributed by atoms with Gasteiger partial charge in [-0.3, -0.25) is 15.6 Å². The zero-order valence-electron chi connectivity index (χ0n) is 15.5. The molecule has 0 aliphatic carbocycles. The number of aryl methyl sites for hydroxylation is 2. The molecule has 0 fully saturated rings. The summed E-state index contributed by atoms with van der Waals surface area (Å²) in [5, 5.41) is 4.08. The number of rotatable bonds is 5. The molecular weight excluding hydrogens is 385 g/mol. The lowest BCUT2D eigenvalue weighted by atomic mass is 10.1. The third-order valence-corrected chi connectivity index (χ3v) is 3.78. The van der Waals surface area contributed by atoms with Crippen LogP contribution in [0.4, 0.5) is 19.0 Å². The predicted molar refractivity (Wildman–Crippen MR) is 101 cm³/mol. The van der Waals surface area contributed by atoms with E-state index in [2.05, 4.69) is 25.9 Å². The fourth-order valence-corrected chi connectivity index (χ4v) is 2.41. The van der Waals surface area contributed by atoms with Crippen LogP contribution in [0.1, 0.15) is 16.7 Å². The largest absolute Gasteiger partial charge is 0.416 e. The fraction of sp³-hybridized carbons (Fsp3) is 0.158. The van der Waals surface area contributed by atoms with Gasteiger partial charge in [0, 0.05) is 24.0 Å². The van der Waals surface area contributed by atoms with Crippen molar-refractivity contribution in [2.24, 2.45) is 0 Å². The Hall–Kier alpha value is -3.69. The van der Waals surface area contributed by atoms with Gasteiger partial charge in [0.2, 0.25) is 0 Å². The third-order valence-electron chi connectivity index (χ3n) is 3.78. The molecule has 10 heteroatoms. The number of benzene rings is 1. The first-order valence-electron chi connectivity index (χ1n) is 8.48. The van der Waals surface area contributed by atoms with Gasteiger partial charge in [0.1, 0.15) is 12.1 Å². The lowest BCUT2D eigenvalue weighted by molar-refractivity contribution is -0.137. The molecule has 7 nitrogen and oxygen atoms in total. The van der Waals surface area contributed by atoms with Crippen LogP contribution in [0.15, 0.2) is 48.9 Å². The van der Waals surface area contributed by atoms with E-state index < -0.39 is 17.6 Å². The maximum absolute atomic E-state index is 13.0. The number of carbonyl (C=O) groups is 1. The van der Waals surface area contributed by atoms with Crippen LogP contribution in [0, 0.1) is 13.8 Å². The summed E-state index contributed by atoms with van der Waals surface area (Å²) in [6, 6.07) is 7.15. The fourth-order valence-electron chi connectivity index (χ4n) is 2.41. The number of amides is 1. The first-order valence-corrected chi connectivity index (χ1v) is 8.48. The quantitative estimate of drug-likeness (QED) is 0.503. The van der Waals surface area contributed by atoms with E-state index in [0.717, 1.165) is 17.7 Å². The number of anilines is 1. The van der Waals surface area contributed by atoms with Gasteiger partial charge in [-0.15, -0.1) is 5.10 Å². The minimum Gasteiger partial charge on any atom is -0.282 e. The molecule has 1 amide bonds. The van der Waals surface area contributed by atoms with Crippen molar-refractivity contribution >= 4 is 17.9 Å². The number of aromatic nitrogens is 4. The van der Waals surface area contributed by atoms with E-state index >= 15 is 0 Å². The van der Waals surface area contributed by atoms with E-state index in [-0.39, 0.29) is 11.4 Å². The van der Waals surface area contributed by atoms with Gasteiger partial charge in [-0.1, -0.05) is 6.07 Å². The van der Waals surface area contributed by atoms with E-state index in [1.807, 2.05) is 13.0 Å². The van der Waals surface area contributed by atoms with Gasteiger partial charge in [-0.25, -0.2) is 14.6 Å². The summed E-state index contributed by atoms with van der Waals surface area (Å²) in [6.07, 6.45) is 1.01. The van der Waals surface area contributed by atoms with Crippen molar-refractivity contribution in [1.29, 1.82) is 0 Å². The first-order chi connectivity index (χ1) is 13.7. The zero-order valence-corrected chi connectivity index (χ0v) is 15.5. The summed E-state index contributed by atoms with van der Waals surface area (Å²) in [5.74, 6) is 0.117. The van der Waals surface area contributed by atoms with Gasteiger partial charge < -0.3 is 0 Å². The number of hydrazine groups is 1. The molecule has 1 aromatic carbocycles. The molecule has 0 unspecified atom stereocenters. The molecule has 0 saturated carbocycles. The minimum absolute atomic E-state index is 0.117. The molecule has 0 bridgehead atoms. The molecule has 0 aliphatic rings. The third kappa shape index (κ3) is 5.41. The summed E-state index contributed by atoms with van der Waals surface area (Å²) in [7, 11) is 0. The molecule has 0 atom stereocenters. The highest BCUT2D eigenvalue weighted by Gasteiger charge is 2.31. The molecule has 150 valence electrons. The van der Waals surface area contributed by atoms with Crippen LogP contribution in [0.5, 0.6) is 0 Å². The number of pyridine rings is 1. The number of hydrogen-bond acceptors (Lipinski definition) is 5. The second-order valence-corrected chi connectivity index (χ2v) is 6.28. The van der Waals surface area contributed by atoms with Crippen LogP contribution in [0.2, 0.25) is 0 Å². The monoisotopic (exact) mass is 402 g/mol. The Kier molecular flexibility index (Phi) is 5.62. The van der Waals surface area contributed by atoms with Gasteiger partial charge >= 0.3 is 6.18 Å². The molecule has 2 N–H and O–H groups in total. The molecule has 3 aromatic rings. The van der Waals surface area contributed by atoms with Gasteiger partial charge in [0.05, 0.1) is 5.56 Å². The van der Waals surface area contributed by atoms with E-state index in [0.29, 0.717) is 11.4 Å². The van der Waals surface area contributed by atoms with Crippen molar-refractivity contribution in [1.82, 2.24) is 25.2 Å². The van der Waals surface area contributed by atoms with Crippen molar-refractivity contribution in [3.05, 3.63) is 65.6 Å². The van der Waals surface area contributed by atoms with Crippen LogP contribution >= 0.6 is 0 Å². The van der Waals surface area contributed by atoms with Crippen LogP contribution in [0.25, 0.3) is 17.6 Å². The zero-order chi connectivity index (χ0) is 21.0. The normalized spacial score (nSPS) is 11.6. The second-order valence-electron chi connectivity index (χ2n) is 6.28. The summed E-state index contributed by atoms with van der Waals surface area (Å²) in [6.45, 7) is 3.46. The minimum atomic E-state index is -4.46. The maximum Gasteiger partial charge on any atom is 0.416 e. The maximum atomic E-state index is 13.0. The SMILES string of the molecule is Cc1ccc(NNC(=O)/C=C\n2cnc(-c3cc(C)cc(C(F)(F)F)c3)n2)nc1. The molecule has 2 aromatic heterocycles. The lowest BCUT2D eigenvalue weighted by Crippen LogP contribution is -2.28. The van der Waals surface area contributed by atoms with Crippen LogP contribution in [-0.2, 0) is 11.0 Å². The Morgan fingerprint density at radius 1 is 1.10 bits per heavy atom. The molecule has 0 aliphatic heterocycles. The summed E-state index contributed by atoms with van der Waals surface area (Å²) in [4.78, 5) is 19.9. The number of nitrogens with one attached hydrogen (secondary N) is 2. The molecule has 3 rings (SSSR count). The van der Waals surface area contributed by atoms with Gasteiger partial charge in [-0.05, 0) is 49.2 Å². The summed E-state index contributed by atoms with van der Waals surface area (Å²) in [5.41, 5.74) is 5.98. The van der Waals surface area contributed by atoms with E-state index in [1.165, 1.54) is 23.3 Å². The molecule has 0 saturated heterocycles. The Balaban J connectivity index is 1.66. The van der Waals surface area contributed by atoms with Gasteiger partial charge in [0.15, 0.2) is 5.82 Å². The summed E-state index contributed by atoms with van der Waals surface area (Å²) < 4.78 is 40.2. The van der Waals surface area contributed by atoms with Gasteiger partial charge in [0.25, 0.3) is 5.91 Å². The topological polar surface area (TPSA) is 84.7 Å². The van der Waals surface area contributed by atoms with Crippen molar-refractivity contribution < 1.29 is 18.0 Å². The molecular formula is C19H17F3N6O. The first kappa shape index (κ1) is 20.1. The molecule has 29 heavy (non-hydrogen) atoms. The van der Waals surface area contributed by atoms with Crippen molar-refractivity contribution in [2.75, 3.05) is 5.43 Å². The van der Waals surface area contributed by atoms with E-state index in [1.54, 1.807) is 25.3 Å². The highest BCUT2D eigenvalue weighted by Crippen LogP contribution is 2.32. The molecule has 0 spiro atoms. The molecule has 0 radical (unpaired) electrons. The highest BCUT2D eigenvalue weighted by atomic mass is 19.4. The van der Waals surface area contributed by atoms with Crippen LogP contribution < -0.4 is 10.9 Å². The number of hydrogen-bond donors (Lipinski definition) is 2. The van der Waals surface area contributed by atoms with Crippen LogP contribution in [-0.4, -0.2) is 25.7 Å². The Morgan fingerprint density at radius 3 is 2.59 bits per heavy atom. The average Bonchev–Trinajstić information content (AvgIpc) is 3.14. The van der Waals surface area contributed by atoms with Crippen LogP contribution in [0.3, 0.4) is 0 Å². The average molecular weight is 402 g/mol. The van der Waals surface area contributed by atoms with Crippen molar-refractivity contribution in [3.63, 3.8) is 0 Å².